The zero-order valence-electron chi connectivity index (χ0n) is 12.0. The number of carbonyl (C=O) groups excluding carboxylic acids is 1. The van der Waals surface area contributed by atoms with E-state index in [1.807, 2.05) is 0 Å². The molecule has 21 heavy (non-hydrogen) atoms. The number of hydrogen-bond donors (Lipinski definition) is 3. The summed E-state index contributed by atoms with van der Waals surface area (Å²) in [5.74, 6) is 1.55. The predicted molar refractivity (Wildman–Crippen MR) is 87.3 cm³/mol. The minimum Gasteiger partial charge on any atom is -0.369 e. The maximum Gasteiger partial charge on any atom is 0.223 e. The molecule has 0 saturated heterocycles. The Kier molecular flexibility index (Phi) is 5.94. The van der Waals surface area contributed by atoms with Crippen LogP contribution in [0.4, 0.5) is 11.6 Å². The number of carbonyl (C=O) groups is 1. The number of pyridine rings is 1. The third-order valence-electron chi connectivity index (χ3n) is 3.14. The second kappa shape index (κ2) is 7.71. The van der Waals surface area contributed by atoms with Crippen molar-refractivity contribution in [2.75, 3.05) is 30.3 Å². The fourth-order valence-corrected chi connectivity index (χ4v) is 2.31. The van der Waals surface area contributed by atoms with Gasteiger partial charge in [0.05, 0.1) is 10.0 Å². The van der Waals surface area contributed by atoms with Crippen LogP contribution >= 0.6 is 23.2 Å². The zero-order valence-corrected chi connectivity index (χ0v) is 13.5. The normalized spacial score (nSPS) is 13.9. The molecule has 0 bridgehead atoms. The molecule has 5 nitrogen and oxygen atoms in total. The minimum atomic E-state index is 0.136. The molecule has 1 aromatic heterocycles. The van der Waals surface area contributed by atoms with Crippen molar-refractivity contribution in [3.63, 3.8) is 0 Å². The summed E-state index contributed by atoms with van der Waals surface area (Å²) >= 11 is 12.2. The van der Waals surface area contributed by atoms with Gasteiger partial charge in [0.15, 0.2) is 0 Å². The van der Waals surface area contributed by atoms with Crippen LogP contribution in [0.5, 0.6) is 0 Å². The molecule has 0 aromatic carbocycles. The molecule has 0 aliphatic heterocycles. The van der Waals surface area contributed by atoms with Crippen molar-refractivity contribution in [1.82, 2.24) is 10.3 Å². The van der Waals surface area contributed by atoms with E-state index < -0.39 is 0 Å². The van der Waals surface area contributed by atoms with Crippen molar-refractivity contribution in [1.29, 1.82) is 0 Å². The monoisotopic (exact) mass is 330 g/mol. The van der Waals surface area contributed by atoms with Crippen LogP contribution in [0, 0.1) is 5.92 Å². The van der Waals surface area contributed by atoms with Gasteiger partial charge in [0.2, 0.25) is 5.91 Å². The van der Waals surface area contributed by atoms with Gasteiger partial charge >= 0.3 is 0 Å². The number of nitrogens with zero attached hydrogens (tertiary/aromatic N) is 1. The highest BCUT2D eigenvalue weighted by molar-refractivity contribution is 6.37. The summed E-state index contributed by atoms with van der Waals surface area (Å²) in [6, 6.07) is 1.67. The minimum absolute atomic E-state index is 0.136. The molecule has 0 spiro atoms. The van der Waals surface area contributed by atoms with Crippen molar-refractivity contribution in [3.8, 4) is 0 Å². The van der Waals surface area contributed by atoms with E-state index in [-0.39, 0.29) is 11.8 Å². The molecule has 1 fully saturated rings. The van der Waals surface area contributed by atoms with Crippen molar-refractivity contribution < 1.29 is 4.79 Å². The lowest BCUT2D eigenvalue weighted by Gasteiger charge is -2.12. The van der Waals surface area contributed by atoms with Crippen molar-refractivity contribution >= 4 is 40.7 Å². The number of nitrogens with one attached hydrogen (secondary N) is 3. The average molecular weight is 331 g/mol. The second-order valence-electron chi connectivity index (χ2n) is 5.07. The Morgan fingerprint density at radius 1 is 1.19 bits per heavy atom. The number of anilines is 2. The van der Waals surface area contributed by atoms with Gasteiger partial charge in [0.25, 0.3) is 0 Å². The Labute approximate surface area is 134 Å². The van der Waals surface area contributed by atoms with E-state index in [0.717, 1.165) is 25.8 Å². The second-order valence-corrected chi connectivity index (χ2v) is 5.88. The lowest BCUT2D eigenvalue weighted by atomic mass is 10.4. The average Bonchev–Trinajstić information content (AvgIpc) is 3.28. The standard InChI is InChI=1S/C14H20Cl2N4O/c1-2-5-17-12-10(15)8-11(16)13(20-12)18-6-7-19-14(21)9-3-4-9/h8-9H,2-7H2,1H3,(H,19,21)(H2,17,18,20). The van der Waals surface area contributed by atoms with Crippen LogP contribution in [0.2, 0.25) is 10.0 Å². The molecule has 0 atom stereocenters. The molecular formula is C14H20Cl2N4O. The van der Waals surface area contributed by atoms with Gasteiger partial charge in [-0.05, 0) is 25.3 Å². The molecule has 1 heterocycles. The highest BCUT2D eigenvalue weighted by Gasteiger charge is 2.28. The molecule has 1 saturated carbocycles. The SMILES string of the molecule is CCCNc1nc(NCCNC(=O)C2CC2)c(Cl)cc1Cl. The molecule has 1 amide bonds. The summed E-state index contributed by atoms with van der Waals surface area (Å²) in [7, 11) is 0. The zero-order chi connectivity index (χ0) is 15.2. The van der Waals surface area contributed by atoms with Gasteiger partial charge in [-0.1, -0.05) is 30.1 Å². The quantitative estimate of drug-likeness (QED) is 0.640. The maximum absolute atomic E-state index is 11.5. The number of aromatic nitrogens is 1. The Balaban J connectivity index is 1.84. The van der Waals surface area contributed by atoms with Crippen LogP contribution in [0.3, 0.4) is 0 Å². The first-order chi connectivity index (χ1) is 10.1. The van der Waals surface area contributed by atoms with Gasteiger partial charge in [-0.2, -0.15) is 0 Å². The lowest BCUT2D eigenvalue weighted by Crippen LogP contribution is -2.30. The molecular weight excluding hydrogens is 311 g/mol. The maximum atomic E-state index is 11.5. The number of amides is 1. The lowest BCUT2D eigenvalue weighted by molar-refractivity contribution is -0.122. The molecule has 1 aliphatic rings. The summed E-state index contributed by atoms with van der Waals surface area (Å²) in [5, 5.41) is 10.1. The van der Waals surface area contributed by atoms with E-state index in [2.05, 4.69) is 27.9 Å². The summed E-state index contributed by atoms with van der Waals surface area (Å²) in [6.07, 6.45) is 3.00. The molecule has 1 aromatic rings. The van der Waals surface area contributed by atoms with Crippen LogP contribution in [0.15, 0.2) is 6.07 Å². The van der Waals surface area contributed by atoms with E-state index in [1.54, 1.807) is 6.07 Å². The van der Waals surface area contributed by atoms with Gasteiger partial charge in [0.1, 0.15) is 11.6 Å². The van der Waals surface area contributed by atoms with Gasteiger partial charge in [-0.25, -0.2) is 4.98 Å². The molecule has 116 valence electrons. The highest BCUT2D eigenvalue weighted by atomic mass is 35.5. The summed E-state index contributed by atoms with van der Waals surface area (Å²) in [6.45, 7) is 3.98. The van der Waals surface area contributed by atoms with Gasteiger partial charge in [-0.15, -0.1) is 0 Å². The number of hydrogen-bond acceptors (Lipinski definition) is 4. The number of halogens is 2. The van der Waals surface area contributed by atoms with E-state index in [1.165, 1.54) is 0 Å². The van der Waals surface area contributed by atoms with E-state index in [9.17, 15) is 4.79 Å². The van der Waals surface area contributed by atoms with Crippen molar-refractivity contribution in [2.24, 2.45) is 5.92 Å². The first-order valence-electron chi connectivity index (χ1n) is 7.23. The van der Waals surface area contributed by atoms with Crippen molar-refractivity contribution in [3.05, 3.63) is 16.1 Å². The van der Waals surface area contributed by atoms with E-state index in [4.69, 9.17) is 23.2 Å². The first-order valence-corrected chi connectivity index (χ1v) is 7.99. The summed E-state index contributed by atoms with van der Waals surface area (Å²) in [5.41, 5.74) is 0. The largest absolute Gasteiger partial charge is 0.369 e. The van der Waals surface area contributed by atoms with Crippen molar-refractivity contribution in [2.45, 2.75) is 26.2 Å². The number of rotatable bonds is 8. The predicted octanol–water partition coefficient (Wildman–Crippen LogP) is 3.15. The highest BCUT2D eigenvalue weighted by Crippen LogP contribution is 2.29. The van der Waals surface area contributed by atoms with Crippen LogP contribution in [0.25, 0.3) is 0 Å². The van der Waals surface area contributed by atoms with Crippen LogP contribution < -0.4 is 16.0 Å². The Hall–Kier alpha value is -1.20. The van der Waals surface area contributed by atoms with Gasteiger partial charge in [-0.3, -0.25) is 4.79 Å². The molecule has 0 radical (unpaired) electrons. The fourth-order valence-electron chi connectivity index (χ4n) is 1.81. The summed E-state index contributed by atoms with van der Waals surface area (Å²) in [4.78, 5) is 15.9. The van der Waals surface area contributed by atoms with Crippen LogP contribution in [-0.2, 0) is 4.79 Å². The van der Waals surface area contributed by atoms with Crippen LogP contribution in [0.1, 0.15) is 26.2 Å². The first kappa shape index (κ1) is 16.2. The van der Waals surface area contributed by atoms with Gasteiger partial charge < -0.3 is 16.0 Å². The smallest absolute Gasteiger partial charge is 0.223 e. The third-order valence-corrected chi connectivity index (χ3v) is 3.71. The molecule has 2 rings (SSSR count). The Bertz CT molecular complexity index is 506. The Morgan fingerprint density at radius 2 is 1.81 bits per heavy atom. The third kappa shape index (κ3) is 4.93. The van der Waals surface area contributed by atoms with Crippen LogP contribution in [-0.4, -0.2) is 30.5 Å². The van der Waals surface area contributed by atoms with E-state index >= 15 is 0 Å². The van der Waals surface area contributed by atoms with Gasteiger partial charge in [0, 0.05) is 25.6 Å². The molecule has 1 aliphatic carbocycles. The summed E-state index contributed by atoms with van der Waals surface area (Å²) < 4.78 is 0. The topological polar surface area (TPSA) is 66.1 Å². The Morgan fingerprint density at radius 3 is 2.38 bits per heavy atom. The molecule has 0 unspecified atom stereocenters. The molecule has 3 N–H and O–H groups in total. The van der Waals surface area contributed by atoms with E-state index in [0.29, 0.717) is 34.8 Å². The molecule has 7 heteroatoms. The fraction of sp³-hybridized carbons (Fsp3) is 0.571.